The Morgan fingerprint density at radius 1 is 1.19 bits per heavy atom. The topological polar surface area (TPSA) is 15.3 Å². The highest BCUT2D eigenvalue weighted by Gasteiger charge is 2.27. The lowest BCUT2D eigenvalue weighted by Gasteiger charge is -2.35. The number of hydrogen-bond donors (Lipinski definition) is 1. The minimum absolute atomic E-state index is 0.112. The molecule has 0 aliphatic carbocycles. The highest BCUT2D eigenvalue weighted by Crippen LogP contribution is 2.32. The smallest absolute Gasteiger partial charge is 0.132 e. The van der Waals surface area contributed by atoms with E-state index in [0.717, 1.165) is 51.9 Å². The fourth-order valence-electron chi connectivity index (χ4n) is 2.96. The van der Waals surface area contributed by atoms with Gasteiger partial charge in [-0.05, 0) is 18.6 Å². The summed E-state index contributed by atoms with van der Waals surface area (Å²) in [6, 6.07) is 2.24. The van der Waals surface area contributed by atoms with Gasteiger partial charge in [0.2, 0.25) is 0 Å². The first-order chi connectivity index (χ1) is 10.1. The molecule has 0 unspecified atom stereocenters. The Morgan fingerprint density at radius 3 is 2.38 bits per heavy atom. The number of piperazine rings is 1. The van der Waals surface area contributed by atoms with Crippen molar-refractivity contribution in [2.45, 2.75) is 38.6 Å². The van der Waals surface area contributed by atoms with Crippen molar-refractivity contribution in [2.24, 2.45) is 0 Å². The highest BCUT2D eigenvalue weighted by atomic mass is 35.5. The Balaban J connectivity index is 2.25. The van der Waals surface area contributed by atoms with Crippen molar-refractivity contribution in [3.8, 4) is 0 Å². The van der Waals surface area contributed by atoms with Crippen molar-refractivity contribution in [1.82, 2.24) is 10.2 Å². The lowest BCUT2D eigenvalue weighted by Crippen LogP contribution is -2.45. The average Bonchev–Trinajstić information content (AvgIpc) is 2.45. The molecule has 1 heterocycles. The van der Waals surface area contributed by atoms with Crippen molar-refractivity contribution in [3.63, 3.8) is 0 Å². The normalized spacial score (nSPS) is 17.9. The van der Waals surface area contributed by atoms with Gasteiger partial charge in [-0.2, -0.15) is 0 Å². The van der Waals surface area contributed by atoms with Crippen LogP contribution in [-0.4, -0.2) is 31.1 Å². The number of halogens is 3. The van der Waals surface area contributed by atoms with Crippen molar-refractivity contribution < 1.29 is 8.78 Å². The molecular weight excluding hydrogens is 294 g/mol. The summed E-state index contributed by atoms with van der Waals surface area (Å²) in [5.41, 5.74) is 0.178. The van der Waals surface area contributed by atoms with Gasteiger partial charge in [-0.15, -0.1) is 0 Å². The van der Waals surface area contributed by atoms with Crippen LogP contribution in [0, 0.1) is 11.6 Å². The zero-order valence-corrected chi connectivity index (χ0v) is 13.2. The van der Waals surface area contributed by atoms with E-state index >= 15 is 0 Å². The lowest BCUT2D eigenvalue weighted by atomic mass is 9.97. The molecule has 21 heavy (non-hydrogen) atoms. The van der Waals surface area contributed by atoms with E-state index in [4.69, 9.17) is 11.6 Å². The van der Waals surface area contributed by atoms with Crippen LogP contribution in [0.3, 0.4) is 0 Å². The van der Waals surface area contributed by atoms with Crippen LogP contribution in [0.4, 0.5) is 8.78 Å². The van der Waals surface area contributed by atoms with Crippen molar-refractivity contribution in [2.75, 3.05) is 26.2 Å². The van der Waals surface area contributed by atoms with Crippen molar-refractivity contribution in [3.05, 3.63) is 34.4 Å². The monoisotopic (exact) mass is 316 g/mol. The van der Waals surface area contributed by atoms with E-state index in [1.807, 2.05) is 0 Å². The molecule has 1 fully saturated rings. The molecule has 1 aliphatic rings. The molecule has 1 aromatic rings. The van der Waals surface area contributed by atoms with Crippen molar-refractivity contribution >= 4 is 11.6 Å². The van der Waals surface area contributed by atoms with Gasteiger partial charge >= 0.3 is 0 Å². The number of unbranched alkanes of at least 4 members (excludes halogenated alkanes) is 2. The number of hydrogen-bond acceptors (Lipinski definition) is 2. The highest BCUT2D eigenvalue weighted by molar-refractivity contribution is 6.30. The van der Waals surface area contributed by atoms with Gasteiger partial charge < -0.3 is 5.32 Å². The molecule has 1 saturated heterocycles. The van der Waals surface area contributed by atoms with Crippen LogP contribution in [0.2, 0.25) is 5.02 Å². The lowest BCUT2D eigenvalue weighted by molar-refractivity contribution is 0.156. The standard InChI is InChI=1S/C16H23ClF2N2/c1-2-3-4-5-15(21-8-6-20-7-9-21)16-13(18)10-12(17)11-14(16)19/h10-11,15,20H,2-9H2,1H3/t15-/m0/s1. The molecule has 0 spiro atoms. The maximum Gasteiger partial charge on any atom is 0.132 e. The summed E-state index contributed by atoms with van der Waals surface area (Å²) in [5, 5.41) is 3.39. The first-order valence-electron chi connectivity index (χ1n) is 7.72. The molecule has 0 amide bonds. The zero-order valence-electron chi connectivity index (χ0n) is 12.5. The molecule has 0 aromatic heterocycles. The van der Waals surface area contributed by atoms with Crippen LogP contribution < -0.4 is 5.32 Å². The zero-order chi connectivity index (χ0) is 15.2. The van der Waals surface area contributed by atoms with Crippen LogP contribution in [0.15, 0.2) is 12.1 Å². The summed E-state index contributed by atoms with van der Waals surface area (Å²) in [6.07, 6.45) is 3.94. The van der Waals surface area contributed by atoms with Crippen molar-refractivity contribution in [1.29, 1.82) is 0 Å². The fraction of sp³-hybridized carbons (Fsp3) is 0.625. The Bertz CT molecular complexity index is 439. The number of nitrogens with one attached hydrogen (secondary N) is 1. The quantitative estimate of drug-likeness (QED) is 0.793. The predicted octanol–water partition coefficient (Wildman–Crippen LogP) is 4.14. The van der Waals surface area contributed by atoms with Gasteiger partial charge in [-0.25, -0.2) is 8.78 Å². The average molecular weight is 317 g/mol. The molecule has 1 atom stereocenters. The molecule has 0 radical (unpaired) electrons. The van der Waals surface area contributed by atoms with Gasteiger partial charge in [0.05, 0.1) is 0 Å². The fourth-order valence-corrected chi connectivity index (χ4v) is 3.15. The Labute approximate surface area is 130 Å². The molecule has 1 aromatic carbocycles. The summed E-state index contributed by atoms with van der Waals surface area (Å²) in [4.78, 5) is 2.18. The predicted molar refractivity (Wildman–Crippen MR) is 82.7 cm³/mol. The second-order valence-electron chi connectivity index (χ2n) is 5.58. The van der Waals surface area contributed by atoms with E-state index in [1.54, 1.807) is 0 Å². The molecule has 2 nitrogen and oxygen atoms in total. The maximum absolute atomic E-state index is 14.3. The van der Waals surface area contributed by atoms with Crippen LogP contribution in [0.25, 0.3) is 0 Å². The summed E-state index contributed by atoms with van der Waals surface area (Å²) < 4.78 is 28.5. The van der Waals surface area contributed by atoms with E-state index in [9.17, 15) is 8.78 Å². The first kappa shape index (κ1) is 16.7. The third-order valence-corrected chi connectivity index (χ3v) is 4.27. The van der Waals surface area contributed by atoms with Gasteiger partial charge in [0.15, 0.2) is 0 Å². The third-order valence-electron chi connectivity index (χ3n) is 4.05. The van der Waals surface area contributed by atoms with E-state index in [2.05, 4.69) is 17.1 Å². The third kappa shape index (κ3) is 4.38. The number of nitrogens with zero attached hydrogens (tertiary/aromatic N) is 1. The summed E-state index contributed by atoms with van der Waals surface area (Å²) in [5.74, 6) is -1.06. The van der Waals surface area contributed by atoms with Gasteiger partial charge in [0.25, 0.3) is 0 Å². The molecule has 2 rings (SSSR count). The van der Waals surface area contributed by atoms with E-state index in [1.165, 1.54) is 12.1 Å². The Kier molecular flexibility index (Phi) is 6.40. The molecule has 0 bridgehead atoms. The van der Waals surface area contributed by atoms with E-state index in [0.29, 0.717) is 0 Å². The molecule has 5 heteroatoms. The summed E-state index contributed by atoms with van der Waals surface area (Å²) >= 11 is 5.74. The first-order valence-corrected chi connectivity index (χ1v) is 8.10. The molecule has 0 saturated carbocycles. The van der Waals surface area contributed by atoms with Crippen LogP contribution >= 0.6 is 11.6 Å². The minimum atomic E-state index is -0.528. The number of rotatable bonds is 6. The molecule has 118 valence electrons. The van der Waals surface area contributed by atoms with Gasteiger partial charge in [0.1, 0.15) is 11.6 Å². The second-order valence-corrected chi connectivity index (χ2v) is 6.02. The van der Waals surface area contributed by atoms with Gasteiger partial charge in [-0.1, -0.05) is 37.8 Å². The van der Waals surface area contributed by atoms with Crippen LogP contribution in [0.1, 0.15) is 44.2 Å². The molecular formula is C16H23ClF2N2. The van der Waals surface area contributed by atoms with Crippen LogP contribution in [-0.2, 0) is 0 Å². The largest absolute Gasteiger partial charge is 0.314 e. The van der Waals surface area contributed by atoms with Gasteiger partial charge in [-0.3, -0.25) is 4.90 Å². The van der Waals surface area contributed by atoms with E-state index in [-0.39, 0.29) is 16.6 Å². The molecule has 1 aliphatic heterocycles. The maximum atomic E-state index is 14.3. The van der Waals surface area contributed by atoms with E-state index < -0.39 is 11.6 Å². The minimum Gasteiger partial charge on any atom is -0.314 e. The SMILES string of the molecule is CCCCC[C@@H](c1c(F)cc(Cl)cc1F)N1CCNCC1. The van der Waals surface area contributed by atoms with Gasteiger partial charge in [0, 0.05) is 42.8 Å². The summed E-state index contributed by atoms with van der Waals surface area (Å²) in [6.45, 7) is 5.49. The molecule has 1 N–H and O–H groups in total. The Morgan fingerprint density at radius 2 is 1.81 bits per heavy atom. The summed E-state index contributed by atoms with van der Waals surface area (Å²) in [7, 11) is 0. The van der Waals surface area contributed by atoms with Crippen LogP contribution in [0.5, 0.6) is 0 Å². The number of benzene rings is 1. The Hall–Kier alpha value is -0.710. The second kappa shape index (κ2) is 8.06.